The molecular formula is C6H7BNNa. The van der Waals surface area contributed by atoms with E-state index in [1.807, 2.05) is 30.3 Å². The molecule has 0 fully saturated rings. The summed E-state index contributed by atoms with van der Waals surface area (Å²) in [5, 5.41) is 2.53. The third kappa shape index (κ3) is 2.94. The van der Waals surface area contributed by atoms with Crippen molar-refractivity contribution in [3.8, 4) is 0 Å². The number of hydrogen-bond acceptors (Lipinski definition) is 1. The minimum Gasteiger partial charge on any atom is -1.00 e. The van der Waals surface area contributed by atoms with E-state index in [9.17, 15) is 0 Å². The van der Waals surface area contributed by atoms with Crippen molar-refractivity contribution in [3.63, 3.8) is 0 Å². The van der Waals surface area contributed by atoms with Gasteiger partial charge in [-0.05, 0) is 12.1 Å². The Morgan fingerprint density at radius 3 is 2.11 bits per heavy atom. The van der Waals surface area contributed by atoms with Crippen LogP contribution in [0.15, 0.2) is 30.3 Å². The van der Waals surface area contributed by atoms with Crippen LogP contribution in [0.25, 0.3) is 0 Å². The van der Waals surface area contributed by atoms with Gasteiger partial charge in [0.15, 0.2) is 0 Å². The number of para-hydroxylation sites is 1. The second kappa shape index (κ2) is 4.92. The molecule has 0 aliphatic heterocycles. The molecule has 0 atom stereocenters. The molecular weight excluding hydrogens is 120 g/mol. The summed E-state index contributed by atoms with van der Waals surface area (Å²) in [7, 11) is 5.10. The van der Waals surface area contributed by atoms with Crippen molar-refractivity contribution in [2.24, 2.45) is 0 Å². The first-order valence-electron chi connectivity index (χ1n) is 2.45. The third-order valence-corrected chi connectivity index (χ3v) is 0.940. The maximum Gasteiger partial charge on any atom is 1.00 e. The topological polar surface area (TPSA) is 12.0 Å². The van der Waals surface area contributed by atoms with Crippen molar-refractivity contribution in [3.05, 3.63) is 30.3 Å². The summed E-state index contributed by atoms with van der Waals surface area (Å²) < 4.78 is 0. The van der Waals surface area contributed by atoms with E-state index in [2.05, 4.69) is 5.23 Å². The molecule has 0 unspecified atom stereocenters. The summed E-state index contributed by atoms with van der Waals surface area (Å²) in [6.45, 7) is 0. The fraction of sp³-hybridized carbons (Fsp3) is 0. The van der Waals surface area contributed by atoms with E-state index in [-0.39, 0.29) is 31.0 Å². The van der Waals surface area contributed by atoms with E-state index in [0.717, 1.165) is 5.69 Å². The van der Waals surface area contributed by atoms with Gasteiger partial charge in [-0.1, -0.05) is 18.2 Å². The van der Waals surface area contributed by atoms with Gasteiger partial charge in [0.05, 0.1) is 0 Å². The predicted octanol–water partition coefficient (Wildman–Crippen LogP) is -1.70. The zero-order chi connectivity index (χ0) is 5.82. The Morgan fingerprint density at radius 2 is 1.78 bits per heavy atom. The first-order valence-corrected chi connectivity index (χ1v) is 2.45. The van der Waals surface area contributed by atoms with Crippen LogP contribution in [-0.4, -0.2) is 7.98 Å². The van der Waals surface area contributed by atoms with Crippen molar-refractivity contribution < 1.29 is 31.0 Å². The van der Waals surface area contributed by atoms with E-state index >= 15 is 0 Å². The molecule has 0 saturated heterocycles. The zero-order valence-electron chi connectivity index (χ0n) is 6.46. The number of rotatable bonds is 1. The molecule has 1 N–H and O–H groups in total. The van der Waals surface area contributed by atoms with Crippen molar-refractivity contribution in [1.29, 1.82) is 0 Å². The molecule has 0 aliphatic carbocycles. The smallest absolute Gasteiger partial charge is 1.00 e. The Labute approximate surface area is 80.1 Å². The molecule has 1 nitrogen and oxygen atoms in total. The van der Waals surface area contributed by atoms with Gasteiger partial charge in [0.1, 0.15) is 0 Å². The average molecular weight is 127 g/mol. The van der Waals surface area contributed by atoms with Gasteiger partial charge in [-0.2, -0.15) is 0 Å². The van der Waals surface area contributed by atoms with Crippen LogP contribution in [0.5, 0.6) is 0 Å². The van der Waals surface area contributed by atoms with Crippen molar-refractivity contribution in [2.45, 2.75) is 0 Å². The number of hydrogen-bond donors (Lipinski definition) is 1. The summed E-state index contributed by atoms with van der Waals surface area (Å²) in [6.07, 6.45) is 0. The largest absolute Gasteiger partial charge is 1.00 e. The zero-order valence-corrected chi connectivity index (χ0v) is 7.46. The Hall–Kier alpha value is 0.0849. The number of nitrogens with one attached hydrogen (secondary N) is 1. The van der Waals surface area contributed by atoms with Crippen LogP contribution in [0.4, 0.5) is 5.69 Å². The fourth-order valence-electron chi connectivity index (χ4n) is 0.534. The molecule has 1 aromatic carbocycles. The van der Waals surface area contributed by atoms with Gasteiger partial charge in [0.2, 0.25) is 7.98 Å². The summed E-state index contributed by atoms with van der Waals surface area (Å²) >= 11 is 0. The second-order valence-electron chi connectivity index (χ2n) is 1.51. The number of anilines is 1. The molecule has 3 heteroatoms. The summed E-state index contributed by atoms with van der Waals surface area (Å²) in [6, 6.07) is 9.60. The Morgan fingerprint density at radius 1 is 1.22 bits per heavy atom. The van der Waals surface area contributed by atoms with Gasteiger partial charge in [-0.15, -0.1) is 0 Å². The summed E-state index contributed by atoms with van der Waals surface area (Å²) in [4.78, 5) is 0. The van der Waals surface area contributed by atoms with Crippen LogP contribution >= 0.6 is 0 Å². The van der Waals surface area contributed by atoms with Gasteiger partial charge in [0.25, 0.3) is 0 Å². The molecule has 40 valence electrons. The minimum absolute atomic E-state index is 0. The van der Waals surface area contributed by atoms with Gasteiger partial charge in [0, 0.05) is 5.69 Å². The minimum atomic E-state index is 0. The Balaban J connectivity index is 0. The van der Waals surface area contributed by atoms with Gasteiger partial charge < -0.3 is 6.65 Å². The van der Waals surface area contributed by atoms with Crippen molar-refractivity contribution in [2.75, 3.05) is 5.23 Å². The molecule has 9 heavy (non-hydrogen) atoms. The van der Waals surface area contributed by atoms with Crippen molar-refractivity contribution >= 4 is 13.7 Å². The molecule has 0 heterocycles. The molecule has 0 amide bonds. The molecule has 0 aromatic heterocycles. The normalized spacial score (nSPS) is 7.56. The quantitative estimate of drug-likeness (QED) is 0.443. The Bertz CT molecular complexity index is 159. The van der Waals surface area contributed by atoms with Crippen LogP contribution in [0.2, 0.25) is 0 Å². The predicted molar refractivity (Wildman–Crippen MR) is 36.9 cm³/mol. The van der Waals surface area contributed by atoms with E-state index < -0.39 is 0 Å². The van der Waals surface area contributed by atoms with Gasteiger partial charge in [-0.25, -0.2) is 0 Å². The van der Waals surface area contributed by atoms with Gasteiger partial charge >= 0.3 is 29.6 Å². The average Bonchev–Trinajstić information content (AvgIpc) is 1.90. The maximum atomic E-state index is 5.10. The Kier molecular flexibility index (Phi) is 4.96. The summed E-state index contributed by atoms with van der Waals surface area (Å²) in [5.74, 6) is 0. The maximum absolute atomic E-state index is 5.10. The number of benzene rings is 1. The first kappa shape index (κ1) is 9.08. The summed E-state index contributed by atoms with van der Waals surface area (Å²) in [5.41, 5.74) is 0.938. The standard InChI is InChI=1S/C6H6BN.Na.H/c7-8-6-4-2-1-3-5-6;;/h1-5,8H;;/q;+1;-1. The van der Waals surface area contributed by atoms with Crippen LogP contribution < -0.4 is 34.8 Å². The molecule has 0 saturated carbocycles. The van der Waals surface area contributed by atoms with E-state index in [4.69, 9.17) is 7.98 Å². The fourth-order valence-corrected chi connectivity index (χ4v) is 0.534. The van der Waals surface area contributed by atoms with E-state index in [1.165, 1.54) is 0 Å². The first-order chi connectivity index (χ1) is 3.93. The molecule has 1 rings (SSSR count). The molecule has 0 spiro atoms. The van der Waals surface area contributed by atoms with Crippen LogP contribution in [0, 0.1) is 0 Å². The molecule has 0 aliphatic rings. The molecule has 1 aromatic rings. The van der Waals surface area contributed by atoms with Crippen molar-refractivity contribution in [1.82, 2.24) is 0 Å². The van der Waals surface area contributed by atoms with Crippen LogP contribution in [-0.2, 0) is 0 Å². The SMILES string of the molecule is [B]Nc1ccccc1.[H-].[Na+]. The third-order valence-electron chi connectivity index (χ3n) is 0.940. The second-order valence-corrected chi connectivity index (χ2v) is 1.51. The monoisotopic (exact) mass is 127 g/mol. The van der Waals surface area contributed by atoms with Crippen LogP contribution in [0.1, 0.15) is 1.43 Å². The van der Waals surface area contributed by atoms with Crippen LogP contribution in [0.3, 0.4) is 0 Å². The van der Waals surface area contributed by atoms with Gasteiger partial charge in [-0.3, -0.25) is 0 Å². The van der Waals surface area contributed by atoms with E-state index in [1.54, 1.807) is 0 Å². The molecule has 2 radical (unpaired) electrons. The van der Waals surface area contributed by atoms with E-state index in [0.29, 0.717) is 0 Å². The molecule has 0 bridgehead atoms.